The summed E-state index contributed by atoms with van der Waals surface area (Å²) in [5.41, 5.74) is 4.01. The molecule has 2 atom stereocenters. The van der Waals surface area contributed by atoms with E-state index in [-0.39, 0.29) is 35.0 Å². The first-order valence-corrected chi connectivity index (χ1v) is 11.1. The number of nitrogens with zero attached hydrogens (tertiary/aromatic N) is 2. The number of fused-ring (bicyclic) bond motifs is 4. The highest BCUT2D eigenvalue weighted by atomic mass is 19.1. The first kappa shape index (κ1) is 21.1. The predicted molar refractivity (Wildman–Crippen MR) is 124 cm³/mol. The third-order valence-corrected chi connectivity index (χ3v) is 6.48. The molecule has 1 saturated heterocycles. The molecule has 0 spiro atoms. The van der Waals surface area contributed by atoms with Crippen molar-refractivity contribution in [3.05, 3.63) is 88.1 Å². The first-order valence-electron chi connectivity index (χ1n) is 11.1. The molecule has 3 aromatic rings. The summed E-state index contributed by atoms with van der Waals surface area (Å²) >= 11 is 0. The third kappa shape index (κ3) is 4.06. The molecule has 2 aliphatic heterocycles. The van der Waals surface area contributed by atoms with Crippen LogP contribution in [0.5, 0.6) is 0 Å². The fraction of sp³-hybridized carbons (Fsp3) is 0.269. The minimum Gasteiger partial charge on any atom is -0.338 e. The SMILES string of the molecule is CC(=O)Nc1ccc(-c2ccc(=O)n3c2[C@@H]2C[C@@H](CN(C(=O)c4ccc(F)cc4)C2)C3)cc1. The van der Waals surface area contributed by atoms with E-state index in [0.717, 1.165) is 23.2 Å². The van der Waals surface area contributed by atoms with Crippen molar-refractivity contribution < 1.29 is 14.0 Å². The molecule has 0 radical (unpaired) electrons. The van der Waals surface area contributed by atoms with E-state index in [9.17, 15) is 18.8 Å². The van der Waals surface area contributed by atoms with Gasteiger partial charge in [-0.1, -0.05) is 12.1 Å². The molecule has 2 aromatic carbocycles. The average Bonchev–Trinajstić information content (AvgIpc) is 2.80. The molecular formula is C26H24FN3O3. The maximum absolute atomic E-state index is 13.3. The number of aromatic nitrogens is 1. The summed E-state index contributed by atoms with van der Waals surface area (Å²) in [4.78, 5) is 39.0. The normalized spacial score (nSPS) is 19.0. The van der Waals surface area contributed by atoms with E-state index < -0.39 is 0 Å². The van der Waals surface area contributed by atoms with Gasteiger partial charge in [-0.05, 0) is 60.4 Å². The number of carbonyl (C=O) groups excluding carboxylic acids is 2. The molecular weight excluding hydrogens is 421 g/mol. The highest BCUT2D eigenvalue weighted by Crippen LogP contribution is 2.40. The van der Waals surface area contributed by atoms with E-state index >= 15 is 0 Å². The maximum Gasteiger partial charge on any atom is 0.253 e. The minimum atomic E-state index is -0.371. The van der Waals surface area contributed by atoms with Crippen molar-refractivity contribution in [2.45, 2.75) is 25.8 Å². The summed E-state index contributed by atoms with van der Waals surface area (Å²) in [7, 11) is 0. The highest BCUT2D eigenvalue weighted by Gasteiger charge is 2.38. The molecule has 1 fully saturated rings. The summed E-state index contributed by atoms with van der Waals surface area (Å²) in [5, 5.41) is 2.77. The lowest BCUT2D eigenvalue weighted by Gasteiger charge is -2.43. The zero-order valence-corrected chi connectivity index (χ0v) is 18.3. The van der Waals surface area contributed by atoms with Gasteiger partial charge in [-0.2, -0.15) is 0 Å². The molecule has 0 aliphatic carbocycles. The monoisotopic (exact) mass is 445 g/mol. The molecule has 1 aromatic heterocycles. The van der Waals surface area contributed by atoms with Gasteiger partial charge >= 0.3 is 0 Å². The zero-order chi connectivity index (χ0) is 23.1. The van der Waals surface area contributed by atoms with Crippen LogP contribution in [-0.2, 0) is 11.3 Å². The molecule has 0 saturated carbocycles. The van der Waals surface area contributed by atoms with Crippen molar-refractivity contribution in [3.63, 3.8) is 0 Å². The number of hydrogen-bond donors (Lipinski definition) is 1. The van der Waals surface area contributed by atoms with Crippen LogP contribution in [0.1, 0.15) is 35.3 Å². The molecule has 2 aliphatic rings. The minimum absolute atomic E-state index is 0.0285. The Kier molecular flexibility index (Phi) is 5.32. The van der Waals surface area contributed by atoms with Gasteiger partial charge < -0.3 is 14.8 Å². The molecule has 0 unspecified atom stereocenters. The first-order chi connectivity index (χ1) is 15.9. The maximum atomic E-state index is 13.3. The summed E-state index contributed by atoms with van der Waals surface area (Å²) in [6, 6.07) is 16.6. The number of rotatable bonds is 3. The second kappa shape index (κ2) is 8.31. The van der Waals surface area contributed by atoms with Gasteiger partial charge in [-0.15, -0.1) is 0 Å². The molecule has 168 valence electrons. The Morgan fingerprint density at radius 1 is 0.939 bits per heavy atom. The summed E-state index contributed by atoms with van der Waals surface area (Å²) in [5.74, 6) is -0.399. The van der Waals surface area contributed by atoms with E-state index in [0.29, 0.717) is 30.9 Å². The van der Waals surface area contributed by atoms with Crippen LogP contribution in [0, 0.1) is 11.7 Å². The van der Waals surface area contributed by atoms with Crippen LogP contribution in [0.25, 0.3) is 11.1 Å². The Morgan fingerprint density at radius 3 is 2.36 bits per heavy atom. The number of likely N-dealkylation sites (tertiary alicyclic amines) is 1. The lowest BCUT2D eigenvalue weighted by molar-refractivity contribution is -0.114. The Hall–Kier alpha value is -3.74. The third-order valence-electron chi connectivity index (χ3n) is 6.48. The number of halogens is 1. The van der Waals surface area contributed by atoms with Crippen molar-refractivity contribution in [1.82, 2.24) is 9.47 Å². The molecule has 7 heteroatoms. The van der Waals surface area contributed by atoms with Crippen LogP contribution < -0.4 is 10.9 Å². The fourth-order valence-electron chi connectivity index (χ4n) is 5.14. The van der Waals surface area contributed by atoms with Crippen molar-refractivity contribution in [2.75, 3.05) is 18.4 Å². The van der Waals surface area contributed by atoms with Crippen molar-refractivity contribution in [1.29, 1.82) is 0 Å². The number of anilines is 1. The molecule has 1 N–H and O–H groups in total. The Labute approximate surface area is 190 Å². The number of amides is 2. The van der Waals surface area contributed by atoms with Crippen LogP contribution >= 0.6 is 0 Å². The van der Waals surface area contributed by atoms with Gasteiger partial charge in [-0.3, -0.25) is 14.4 Å². The van der Waals surface area contributed by atoms with Crippen LogP contribution in [0.15, 0.2) is 65.5 Å². The van der Waals surface area contributed by atoms with Gasteiger partial charge in [0.1, 0.15) is 5.82 Å². The van der Waals surface area contributed by atoms with E-state index in [1.807, 2.05) is 39.8 Å². The molecule has 3 heterocycles. The van der Waals surface area contributed by atoms with Gasteiger partial charge in [0.25, 0.3) is 11.5 Å². The highest BCUT2D eigenvalue weighted by molar-refractivity contribution is 5.94. The smallest absolute Gasteiger partial charge is 0.253 e. The number of nitrogens with one attached hydrogen (secondary N) is 1. The second-order valence-corrected chi connectivity index (χ2v) is 8.86. The van der Waals surface area contributed by atoms with Crippen molar-refractivity contribution >= 4 is 17.5 Å². The summed E-state index contributed by atoms with van der Waals surface area (Å²) < 4.78 is 15.2. The average molecular weight is 445 g/mol. The Balaban J connectivity index is 1.49. The quantitative estimate of drug-likeness (QED) is 0.665. The largest absolute Gasteiger partial charge is 0.338 e. The van der Waals surface area contributed by atoms with E-state index in [1.54, 1.807) is 6.07 Å². The van der Waals surface area contributed by atoms with Crippen LogP contribution in [0.2, 0.25) is 0 Å². The predicted octanol–water partition coefficient (Wildman–Crippen LogP) is 3.87. The molecule has 33 heavy (non-hydrogen) atoms. The number of carbonyl (C=O) groups is 2. The summed E-state index contributed by atoms with van der Waals surface area (Å²) in [6.45, 7) is 3.11. The molecule has 2 bridgehead atoms. The van der Waals surface area contributed by atoms with Gasteiger partial charge in [0, 0.05) is 61.1 Å². The molecule has 2 amide bonds. The number of piperidine rings is 1. The van der Waals surface area contributed by atoms with Gasteiger partial charge in [-0.25, -0.2) is 4.39 Å². The van der Waals surface area contributed by atoms with Crippen molar-refractivity contribution in [2.24, 2.45) is 5.92 Å². The van der Waals surface area contributed by atoms with E-state index in [1.165, 1.54) is 31.2 Å². The Morgan fingerprint density at radius 2 is 1.67 bits per heavy atom. The van der Waals surface area contributed by atoms with E-state index in [4.69, 9.17) is 0 Å². The number of hydrogen-bond acceptors (Lipinski definition) is 3. The standard InChI is InChI=1S/C26H24FN3O3/c1-16(31)28-22-8-4-18(5-9-22)23-10-11-24(32)30-14-17-12-20(25(23)30)15-29(13-17)26(33)19-2-6-21(27)7-3-19/h2-11,17,20H,12-15H2,1H3,(H,28,31)/t17-,20+/m0/s1. The van der Waals surface area contributed by atoms with Gasteiger partial charge in [0.2, 0.25) is 5.91 Å². The van der Waals surface area contributed by atoms with Crippen LogP contribution in [0.4, 0.5) is 10.1 Å². The molecule has 5 rings (SSSR count). The lowest BCUT2D eigenvalue weighted by Crippen LogP contribution is -2.49. The summed E-state index contributed by atoms with van der Waals surface area (Å²) in [6.07, 6.45) is 0.910. The van der Waals surface area contributed by atoms with Gasteiger partial charge in [0.15, 0.2) is 0 Å². The topological polar surface area (TPSA) is 71.4 Å². The lowest BCUT2D eigenvalue weighted by atomic mass is 9.80. The van der Waals surface area contributed by atoms with Crippen molar-refractivity contribution in [3.8, 4) is 11.1 Å². The number of pyridine rings is 1. The second-order valence-electron chi connectivity index (χ2n) is 8.86. The van der Waals surface area contributed by atoms with Crippen LogP contribution in [-0.4, -0.2) is 34.4 Å². The van der Waals surface area contributed by atoms with E-state index in [2.05, 4.69) is 5.32 Å². The Bertz CT molecular complexity index is 1280. The fourth-order valence-corrected chi connectivity index (χ4v) is 5.14. The molecule has 6 nitrogen and oxygen atoms in total. The van der Waals surface area contributed by atoms with Gasteiger partial charge in [0.05, 0.1) is 0 Å². The van der Waals surface area contributed by atoms with Crippen LogP contribution in [0.3, 0.4) is 0 Å². The number of benzene rings is 2. The zero-order valence-electron chi connectivity index (χ0n) is 18.3.